The number of hydrogen-bond acceptors (Lipinski definition) is 3. The van der Waals surface area contributed by atoms with Gasteiger partial charge in [-0.05, 0) is 36.4 Å². The topological polar surface area (TPSA) is 46.4 Å². The fourth-order valence-electron chi connectivity index (χ4n) is 2.74. The van der Waals surface area contributed by atoms with Crippen molar-refractivity contribution < 1.29 is 9.18 Å². The van der Waals surface area contributed by atoms with Gasteiger partial charge in [0.2, 0.25) is 0 Å². The summed E-state index contributed by atoms with van der Waals surface area (Å²) in [5.41, 5.74) is 2.49. The highest BCUT2D eigenvalue weighted by molar-refractivity contribution is 7.98. The van der Waals surface area contributed by atoms with Crippen molar-refractivity contribution in [2.24, 2.45) is 0 Å². The molecular weight excluding hydrogens is 361 g/mol. The number of carbonyl (C=O) groups excluding carboxylic acids is 1. The minimum atomic E-state index is -0.458. The van der Waals surface area contributed by atoms with Crippen molar-refractivity contribution in [3.8, 4) is 0 Å². The first-order chi connectivity index (χ1) is 13.2. The maximum absolute atomic E-state index is 13.8. The van der Waals surface area contributed by atoms with Gasteiger partial charge in [-0.15, -0.1) is 11.8 Å². The van der Waals surface area contributed by atoms with Crippen LogP contribution in [0.5, 0.6) is 0 Å². The zero-order valence-corrected chi connectivity index (χ0v) is 15.1. The van der Waals surface area contributed by atoms with E-state index in [0.717, 1.165) is 16.2 Å². The van der Waals surface area contributed by atoms with E-state index < -0.39 is 5.82 Å². The molecule has 0 radical (unpaired) electrons. The van der Waals surface area contributed by atoms with Crippen LogP contribution in [0.1, 0.15) is 16.1 Å². The third-order valence-electron chi connectivity index (χ3n) is 4.04. The summed E-state index contributed by atoms with van der Waals surface area (Å²) in [5, 5.41) is 2.64. The van der Waals surface area contributed by atoms with E-state index in [1.807, 2.05) is 47.1 Å². The van der Waals surface area contributed by atoms with Crippen molar-refractivity contribution in [2.45, 2.75) is 10.6 Å². The number of rotatable bonds is 5. The lowest BCUT2D eigenvalue weighted by molar-refractivity contribution is 0.102. The number of nitrogens with one attached hydrogen (secondary N) is 1. The molecular formula is C21H16FN3OS. The Balaban J connectivity index is 1.52. The van der Waals surface area contributed by atoms with Crippen molar-refractivity contribution in [3.05, 3.63) is 96.2 Å². The molecule has 0 aliphatic rings. The molecule has 1 amide bonds. The molecule has 4 rings (SSSR count). The van der Waals surface area contributed by atoms with E-state index in [2.05, 4.69) is 10.3 Å². The number of anilines is 1. The Kier molecular flexibility index (Phi) is 4.89. The van der Waals surface area contributed by atoms with Gasteiger partial charge in [0.1, 0.15) is 11.5 Å². The van der Waals surface area contributed by atoms with Gasteiger partial charge in [0.25, 0.3) is 5.91 Å². The van der Waals surface area contributed by atoms with Crippen LogP contribution in [0, 0.1) is 5.82 Å². The number of para-hydroxylation sites is 1. The molecule has 0 fully saturated rings. The van der Waals surface area contributed by atoms with Crippen LogP contribution in [-0.4, -0.2) is 15.3 Å². The number of imidazole rings is 1. The molecule has 1 N–H and O–H groups in total. The van der Waals surface area contributed by atoms with Crippen LogP contribution in [0.3, 0.4) is 0 Å². The molecule has 0 saturated heterocycles. The number of thioether (sulfide) groups is 1. The van der Waals surface area contributed by atoms with Crippen LogP contribution >= 0.6 is 11.8 Å². The third kappa shape index (κ3) is 3.85. The first-order valence-electron chi connectivity index (χ1n) is 8.41. The van der Waals surface area contributed by atoms with E-state index in [9.17, 15) is 9.18 Å². The van der Waals surface area contributed by atoms with Crippen molar-refractivity contribution in [3.63, 3.8) is 0 Å². The summed E-state index contributed by atoms with van der Waals surface area (Å²) in [6, 6.07) is 19.3. The third-order valence-corrected chi connectivity index (χ3v) is 5.15. The molecule has 2 aromatic carbocycles. The number of benzene rings is 2. The SMILES string of the molecule is O=C(Nc1ccccc1F)c1ccccc1SCc1cn2ccccc2n1. The molecule has 2 heterocycles. The second kappa shape index (κ2) is 7.63. The highest BCUT2D eigenvalue weighted by atomic mass is 32.2. The number of pyridine rings is 1. The Labute approximate surface area is 160 Å². The molecule has 0 bridgehead atoms. The molecule has 134 valence electrons. The Morgan fingerprint density at radius 1 is 1.04 bits per heavy atom. The second-order valence-corrected chi connectivity index (χ2v) is 6.93. The zero-order chi connectivity index (χ0) is 18.6. The summed E-state index contributed by atoms with van der Waals surface area (Å²) in [7, 11) is 0. The molecule has 27 heavy (non-hydrogen) atoms. The molecule has 2 aromatic heterocycles. The van der Waals surface area contributed by atoms with Crippen molar-refractivity contribution in [2.75, 3.05) is 5.32 Å². The first-order valence-corrected chi connectivity index (χ1v) is 9.39. The van der Waals surface area contributed by atoms with E-state index in [1.54, 1.807) is 30.3 Å². The van der Waals surface area contributed by atoms with Gasteiger partial charge in [-0.2, -0.15) is 0 Å². The van der Waals surface area contributed by atoms with E-state index in [-0.39, 0.29) is 11.6 Å². The van der Waals surface area contributed by atoms with Gasteiger partial charge in [-0.25, -0.2) is 9.37 Å². The van der Waals surface area contributed by atoms with E-state index >= 15 is 0 Å². The van der Waals surface area contributed by atoms with Crippen LogP contribution < -0.4 is 5.32 Å². The highest BCUT2D eigenvalue weighted by Crippen LogP contribution is 2.27. The van der Waals surface area contributed by atoms with Gasteiger partial charge in [-0.3, -0.25) is 4.79 Å². The number of carbonyl (C=O) groups is 1. The largest absolute Gasteiger partial charge is 0.319 e. The summed E-state index contributed by atoms with van der Waals surface area (Å²) < 4.78 is 15.8. The van der Waals surface area contributed by atoms with Crippen molar-refractivity contribution >= 4 is 29.0 Å². The molecule has 0 atom stereocenters. The van der Waals surface area contributed by atoms with Crippen LogP contribution in [0.25, 0.3) is 5.65 Å². The quantitative estimate of drug-likeness (QED) is 0.497. The van der Waals surface area contributed by atoms with Gasteiger partial charge in [0, 0.05) is 23.0 Å². The Bertz CT molecular complexity index is 1080. The average Bonchev–Trinajstić information content (AvgIpc) is 3.11. The standard InChI is InChI=1S/C21H16FN3OS/c22-17-8-2-3-9-18(17)24-21(26)16-7-1-4-10-19(16)27-14-15-13-25-12-6-5-11-20(25)23-15/h1-13H,14H2,(H,24,26). The molecule has 4 nitrogen and oxygen atoms in total. The monoisotopic (exact) mass is 377 g/mol. The molecule has 0 aliphatic heterocycles. The summed E-state index contributed by atoms with van der Waals surface area (Å²) in [4.78, 5) is 18.0. The van der Waals surface area contributed by atoms with Crippen molar-refractivity contribution in [1.82, 2.24) is 9.38 Å². The van der Waals surface area contributed by atoms with E-state index in [1.165, 1.54) is 17.8 Å². The fourth-order valence-corrected chi connectivity index (χ4v) is 3.67. The number of fused-ring (bicyclic) bond motifs is 1. The first kappa shape index (κ1) is 17.3. The Hall–Kier alpha value is -3.12. The van der Waals surface area contributed by atoms with E-state index in [0.29, 0.717) is 11.3 Å². The predicted octanol–water partition coefficient (Wildman–Crippen LogP) is 5.02. The predicted molar refractivity (Wildman–Crippen MR) is 106 cm³/mol. The smallest absolute Gasteiger partial charge is 0.256 e. The Morgan fingerprint density at radius 2 is 1.81 bits per heavy atom. The van der Waals surface area contributed by atoms with Gasteiger partial charge >= 0.3 is 0 Å². The number of hydrogen-bond donors (Lipinski definition) is 1. The molecule has 0 spiro atoms. The average molecular weight is 377 g/mol. The molecule has 0 aliphatic carbocycles. The van der Waals surface area contributed by atoms with E-state index in [4.69, 9.17) is 0 Å². The number of nitrogens with zero attached hydrogens (tertiary/aromatic N) is 2. The normalized spacial score (nSPS) is 10.9. The number of amides is 1. The summed E-state index contributed by atoms with van der Waals surface area (Å²) in [5.74, 6) is -0.162. The van der Waals surface area contributed by atoms with Gasteiger partial charge in [-0.1, -0.05) is 30.3 Å². The highest BCUT2D eigenvalue weighted by Gasteiger charge is 2.14. The Morgan fingerprint density at radius 3 is 2.67 bits per heavy atom. The van der Waals surface area contributed by atoms with Gasteiger partial charge < -0.3 is 9.72 Å². The van der Waals surface area contributed by atoms with Crippen LogP contribution in [-0.2, 0) is 5.75 Å². The lowest BCUT2D eigenvalue weighted by Gasteiger charge is -2.10. The fraction of sp³-hybridized carbons (Fsp3) is 0.0476. The minimum absolute atomic E-state index is 0.169. The van der Waals surface area contributed by atoms with Crippen molar-refractivity contribution in [1.29, 1.82) is 0 Å². The van der Waals surface area contributed by atoms with Crippen LogP contribution in [0.2, 0.25) is 0 Å². The number of halogens is 1. The number of aromatic nitrogens is 2. The zero-order valence-electron chi connectivity index (χ0n) is 14.3. The van der Waals surface area contributed by atoms with Crippen LogP contribution in [0.4, 0.5) is 10.1 Å². The second-order valence-electron chi connectivity index (χ2n) is 5.92. The summed E-state index contributed by atoms with van der Waals surface area (Å²) in [6.07, 6.45) is 3.93. The summed E-state index contributed by atoms with van der Waals surface area (Å²) >= 11 is 1.53. The molecule has 6 heteroatoms. The maximum Gasteiger partial charge on any atom is 0.256 e. The van der Waals surface area contributed by atoms with Crippen LogP contribution in [0.15, 0.2) is 84.0 Å². The lowest BCUT2D eigenvalue weighted by Crippen LogP contribution is -2.14. The lowest BCUT2D eigenvalue weighted by atomic mass is 10.2. The van der Waals surface area contributed by atoms with Gasteiger partial charge in [0.05, 0.1) is 16.9 Å². The molecule has 0 unspecified atom stereocenters. The molecule has 4 aromatic rings. The minimum Gasteiger partial charge on any atom is -0.319 e. The van der Waals surface area contributed by atoms with Gasteiger partial charge in [0.15, 0.2) is 0 Å². The summed E-state index contributed by atoms with van der Waals surface area (Å²) in [6.45, 7) is 0. The maximum atomic E-state index is 13.8. The molecule has 0 saturated carbocycles.